The van der Waals surface area contributed by atoms with Gasteiger partial charge in [-0.1, -0.05) is 39.7 Å². The quantitative estimate of drug-likeness (QED) is 0.707. The van der Waals surface area contributed by atoms with Gasteiger partial charge in [-0.2, -0.15) is 0 Å². The normalized spacial score (nSPS) is 17.6. The molecule has 1 aliphatic rings. The van der Waals surface area contributed by atoms with Crippen LogP contribution in [0.1, 0.15) is 16.7 Å². The molecule has 1 heterocycles. The van der Waals surface area contributed by atoms with Crippen molar-refractivity contribution < 1.29 is 9.18 Å². The van der Waals surface area contributed by atoms with Crippen LogP contribution in [-0.2, 0) is 4.79 Å². The molecule has 0 aliphatic carbocycles. The highest BCUT2D eigenvalue weighted by Crippen LogP contribution is 2.30. The number of amides is 1. The molecule has 1 fully saturated rings. The van der Waals surface area contributed by atoms with Crippen molar-refractivity contribution in [1.29, 1.82) is 0 Å². The number of benzene rings is 2. The van der Waals surface area contributed by atoms with Gasteiger partial charge >= 0.3 is 0 Å². The lowest BCUT2D eigenvalue weighted by atomic mass is 10.1. The molecule has 122 valence electrons. The summed E-state index contributed by atoms with van der Waals surface area (Å²) in [4.78, 5) is 17.0. The Kier molecular flexibility index (Phi) is 4.87. The molecule has 0 aromatic heterocycles. The van der Waals surface area contributed by atoms with Crippen molar-refractivity contribution >= 4 is 50.5 Å². The molecule has 0 unspecified atom stereocenters. The standard InChI is InChI=1S/C18H14BrFN2OS/c1-10-3-6-15(11(2)7-10)21-18-22-17(23)16(24-18)8-12-4-5-13(19)9-14(12)20/h3-9H,1-2H3,(H,21,22,23)/b16-8-. The summed E-state index contributed by atoms with van der Waals surface area (Å²) in [7, 11) is 0. The van der Waals surface area contributed by atoms with Crippen molar-refractivity contribution in [2.24, 2.45) is 4.99 Å². The first-order valence-corrected chi connectivity index (χ1v) is 8.85. The second-order valence-corrected chi connectivity index (χ2v) is 7.38. The molecule has 1 N–H and O–H groups in total. The molecule has 1 amide bonds. The van der Waals surface area contributed by atoms with Gasteiger partial charge in [0.15, 0.2) is 5.17 Å². The Morgan fingerprint density at radius 2 is 2.00 bits per heavy atom. The van der Waals surface area contributed by atoms with E-state index < -0.39 is 0 Å². The number of carbonyl (C=O) groups excluding carboxylic acids is 1. The Morgan fingerprint density at radius 1 is 1.21 bits per heavy atom. The van der Waals surface area contributed by atoms with Crippen LogP contribution in [0.3, 0.4) is 0 Å². The average Bonchev–Trinajstić information content (AvgIpc) is 2.85. The zero-order valence-corrected chi connectivity index (χ0v) is 15.5. The third-order valence-corrected chi connectivity index (χ3v) is 4.88. The predicted molar refractivity (Wildman–Crippen MR) is 101 cm³/mol. The Bertz CT molecular complexity index is 893. The van der Waals surface area contributed by atoms with E-state index in [1.54, 1.807) is 12.1 Å². The molecule has 1 aliphatic heterocycles. The van der Waals surface area contributed by atoms with E-state index in [0.29, 0.717) is 20.1 Å². The molecular weight excluding hydrogens is 391 g/mol. The van der Waals surface area contributed by atoms with Crippen LogP contribution in [0.2, 0.25) is 0 Å². The van der Waals surface area contributed by atoms with Gasteiger partial charge in [0.2, 0.25) is 0 Å². The van der Waals surface area contributed by atoms with Crippen molar-refractivity contribution in [2.45, 2.75) is 13.8 Å². The van der Waals surface area contributed by atoms with Crippen molar-refractivity contribution in [1.82, 2.24) is 5.32 Å². The average molecular weight is 405 g/mol. The number of amidine groups is 1. The summed E-state index contributed by atoms with van der Waals surface area (Å²) in [5, 5.41) is 3.22. The third-order valence-electron chi connectivity index (χ3n) is 3.47. The third kappa shape index (κ3) is 3.76. The van der Waals surface area contributed by atoms with Gasteiger partial charge in [-0.05, 0) is 55.4 Å². The van der Waals surface area contributed by atoms with Gasteiger partial charge < -0.3 is 5.32 Å². The van der Waals surface area contributed by atoms with E-state index in [-0.39, 0.29) is 11.7 Å². The first kappa shape index (κ1) is 16.9. The summed E-state index contributed by atoms with van der Waals surface area (Å²) >= 11 is 4.42. The van der Waals surface area contributed by atoms with Crippen LogP contribution in [0.4, 0.5) is 10.1 Å². The van der Waals surface area contributed by atoms with Crippen LogP contribution in [0.5, 0.6) is 0 Å². The summed E-state index contributed by atoms with van der Waals surface area (Å²) in [6.45, 7) is 3.99. The highest BCUT2D eigenvalue weighted by molar-refractivity contribution is 9.10. The Balaban J connectivity index is 1.88. The molecule has 1 saturated heterocycles. The van der Waals surface area contributed by atoms with Crippen LogP contribution in [0, 0.1) is 19.7 Å². The number of hydrogen-bond acceptors (Lipinski definition) is 3. The minimum absolute atomic E-state index is 0.272. The molecule has 0 bridgehead atoms. The predicted octanol–water partition coefficient (Wildman–Crippen LogP) is 5.10. The van der Waals surface area contributed by atoms with Crippen LogP contribution in [0.25, 0.3) is 6.08 Å². The summed E-state index contributed by atoms with van der Waals surface area (Å²) < 4.78 is 14.6. The second kappa shape index (κ2) is 6.91. The van der Waals surface area contributed by atoms with E-state index in [1.165, 1.54) is 23.9 Å². The lowest BCUT2D eigenvalue weighted by Gasteiger charge is -2.02. The molecule has 2 aromatic rings. The fourth-order valence-corrected chi connectivity index (χ4v) is 3.44. The summed E-state index contributed by atoms with van der Waals surface area (Å²) in [5.41, 5.74) is 3.36. The van der Waals surface area contributed by atoms with Crippen LogP contribution < -0.4 is 5.32 Å². The smallest absolute Gasteiger partial charge is 0.264 e. The largest absolute Gasteiger partial charge is 0.300 e. The van der Waals surface area contributed by atoms with Gasteiger partial charge in [-0.3, -0.25) is 4.79 Å². The minimum Gasteiger partial charge on any atom is -0.300 e. The van der Waals surface area contributed by atoms with E-state index in [0.717, 1.165) is 16.8 Å². The number of nitrogens with zero attached hydrogens (tertiary/aromatic N) is 1. The first-order valence-electron chi connectivity index (χ1n) is 7.24. The summed E-state index contributed by atoms with van der Waals surface area (Å²) in [6.07, 6.45) is 1.53. The minimum atomic E-state index is -0.384. The van der Waals surface area contributed by atoms with Gasteiger partial charge in [0.25, 0.3) is 5.91 Å². The topological polar surface area (TPSA) is 41.5 Å². The molecule has 0 radical (unpaired) electrons. The summed E-state index contributed by atoms with van der Waals surface area (Å²) in [5.74, 6) is -0.657. The van der Waals surface area contributed by atoms with Crippen LogP contribution in [-0.4, -0.2) is 11.1 Å². The van der Waals surface area contributed by atoms with Crippen LogP contribution in [0.15, 0.2) is 50.8 Å². The Labute approximate surface area is 152 Å². The van der Waals surface area contributed by atoms with Crippen LogP contribution >= 0.6 is 27.7 Å². The summed E-state index contributed by atoms with van der Waals surface area (Å²) in [6, 6.07) is 10.7. The van der Waals surface area contributed by atoms with E-state index in [2.05, 4.69) is 26.2 Å². The molecule has 3 rings (SSSR count). The number of halogens is 2. The highest BCUT2D eigenvalue weighted by Gasteiger charge is 2.24. The zero-order chi connectivity index (χ0) is 17.3. The maximum atomic E-state index is 13.9. The number of thioether (sulfide) groups is 1. The van der Waals surface area contributed by atoms with Gasteiger partial charge in [0, 0.05) is 10.0 Å². The van der Waals surface area contributed by atoms with Crippen molar-refractivity contribution in [3.8, 4) is 0 Å². The first-order chi connectivity index (χ1) is 11.4. The Morgan fingerprint density at radius 3 is 2.71 bits per heavy atom. The molecule has 3 nitrogen and oxygen atoms in total. The Hall–Kier alpha value is -1.92. The number of rotatable bonds is 2. The van der Waals surface area contributed by atoms with Crippen molar-refractivity contribution in [2.75, 3.05) is 0 Å². The SMILES string of the molecule is Cc1ccc(N=C2NC(=O)/C(=C/c3ccc(Br)cc3F)S2)c(C)c1. The van der Waals surface area contributed by atoms with Crippen molar-refractivity contribution in [3.05, 3.63) is 68.3 Å². The lowest BCUT2D eigenvalue weighted by Crippen LogP contribution is -2.19. The van der Waals surface area contributed by atoms with E-state index in [1.807, 2.05) is 32.0 Å². The van der Waals surface area contributed by atoms with Crippen molar-refractivity contribution in [3.63, 3.8) is 0 Å². The van der Waals surface area contributed by atoms with Gasteiger partial charge in [-0.15, -0.1) is 0 Å². The number of carbonyl (C=O) groups is 1. The fraction of sp³-hybridized carbons (Fsp3) is 0.111. The molecule has 0 saturated carbocycles. The molecular formula is C18H14BrFN2OS. The molecule has 24 heavy (non-hydrogen) atoms. The van der Waals surface area contributed by atoms with Gasteiger partial charge in [0.1, 0.15) is 5.82 Å². The van der Waals surface area contributed by atoms with E-state index >= 15 is 0 Å². The number of aryl methyl sites for hydroxylation is 2. The number of hydrogen-bond donors (Lipinski definition) is 1. The highest BCUT2D eigenvalue weighted by atomic mass is 79.9. The zero-order valence-electron chi connectivity index (χ0n) is 13.1. The second-order valence-electron chi connectivity index (χ2n) is 5.44. The lowest BCUT2D eigenvalue weighted by molar-refractivity contribution is -0.115. The van der Waals surface area contributed by atoms with Gasteiger partial charge in [0.05, 0.1) is 10.6 Å². The fourth-order valence-electron chi connectivity index (χ4n) is 2.28. The molecule has 2 aromatic carbocycles. The molecule has 0 spiro atoms. The maximum Gasteiger partial charge on any atom is 0.264 e. The molecule has 0 atom stereocenters. The monoisotopic (exact) mass is 404 g/mol. The van der Waals surface area contributed by atoms with E-state index in [9.17, 15) is 9.18 Å². The number of aliphatic imine (C=N–C) groups is 1. The van der Waals surface area contributed by atoms with E-state index in [4.69, 9.17) is 0 Å². The number of nitrogens with one attached hydrogen (secondary N) is 1. The van der Waals surface area contributed by atoms with Gasteiger partial charge in [-0.25, -0.2) is 9.38 Å². The maximum absolute atomic E-state index is 13.9. The molecule has 6 heteroatoms.